The van der Waals surface area contributed by atoms with Gasteiger partial charge in [0.25, 0.3) is 0 Å². The van der Waals surface area contributed by atoms with Crippen LogP contribution in [0.5, 0.6) is 5.88 Å². The summed E-state index contributed by atoms with van der Waals surface area (Å²) in [6, 6.07) is 0. The lowest BCUT2D eigenvalue weighted by Gasteiger charge is -2.17. The molecule has 1 heterocycles. The van der Waals surface area contributed by atoms with Crippen LogP contribution >= 0.6 is 0 Å². The molecule has 12 heavy (non-hydrogen) atoms. The van der Waals surface area contributed by atoms with Crippen molar-refractivity contribution in [3.05, 3.63) is 18.1 Å². The molecule has 0 aliphatic heterocycles. The van der Waals surface area contributed by atoms with Crippen molar-refractivity contribution >= 4 is 0 Å². The lowest BCUT2D eigenvalue weighted by molar-refractivity contribution is 0.0698. The molecule has 0 saturated heterocycles. The zero-order valence-electron chi connectivity index (χ0n) is 7.40. The molecule has 0 aliphatic rings. The van der Waals surface area contributed by atoms with E-state index in [1.165, 1.54) is 19.5 Å². The second kappa shape index (κ2) is 3.06. The monoisotopic (exact) mass is 168 g/mol. The van der Waals surface area contributed by atoms with Crippen molar-refractivity contribution in [3.63, 3.8) is 0 Å². The van der Waals surface area contributed by atoms with E-state index in [2.05, 4.69) is 9.97 Å². The van der Waals surface area contributed by atoms with Crippen molar-refractivity contribution in [2.75, 3.05) is 7.11 Å². The maximum Gasteiger partial charge on any atom is 0.238 e. The minimum Gasteiger partial charge on any atom is -0.480 e. The molecule has 1 N–H and O–H groups in total. The van der Waals surface area contributed by atoms with Crippen LogP contribution in [0, 0.1) is 0 Å². The Morgan fingerprint density at radius 1 is 1.33 bits per heavy atom. The Labute approximate surface area is 71.2 Å². The lowest BCUT2D eigenvalue weighted by atomic mass is 10.1. The van der Waals surface area contributed by atoms with Gasteiger partial charge in [0.2, 0.25) is 5.88 Å². The van der Waals surface area contributed by atoms with Crippen molar-refractivity contribution in [1.29, 1.82) is 0 Å². The van der Waals surface area contributed by atoms with E-state index in [4.69, 9.17) is 4.74 Å². The number of methoxy groups -OCH3 is 1. The van der Waals surface area contributed by atoms with Gasteiger partial charge < -0.3 is 9.84 Å². The van der Waals surface area contributed by atoms with Gasteiger partial charge in [-0.2, -0.15) is 0 Å². The third kappa shape index (κ3) is 1.71. The molecule has 0 aliphatic carbocycles. The molecule has 0 fully saturated rings. The fourth-order valence-corrected chi connectivity index (χ4v) is 0.894. The number of rotatable bonds is 2. The van der Waals surface area contributed by atoms with Gasteiger partial charge in [-0.15, -0.1) is 0 Å². The Morgan fingerprint density at radius 3 is 2.33 bits per heavy atom. The highest BCUT2D eigenvalue weighted by Crippen LogP contribution is 2.24. The Kier molecular flexibility index (Phi) is 2.28. The van der Waals surface area contributed by atoms with Gasteiger partial charge in [-0.25, -0.2) is 4.98 Å². The Hall–Kier alpha value is -1.16. The smallest absolute Gasteiger partial charge is 0.238 e. The Morgan fingerprint density at radius 2 is 1.92 bits per heavy atom. The van der Waals surface area contributed by atoms with Crippen LogP contribution in [0.3, 0.4) is 0 Å². The molecular formula is C8H12N2O2. The molecule has 4 heteroatoms. The predicted molar refractivity (Wildman–Crippen MR) is 43.8 cm³/mol. The van der Waals surface area contributed by atoms with Crippen molar-refractivity contribution in [3.8, 4) is 5.88 Å². The summed E-state index contributed by atoms with van der Waals surface area (Å²) >= 11 is 0. The Balaban J connectivity index is 3.14. The second-order valence-electron chi connectivity index (χ2n) is 2.97. The molecular weight excluding hydrogens is 156 g/mol. The van der Waals surface area contributed by atoms with E-state index >= 15 is 0 Å². The molecule has 1 aromatic heterocycles. The number of aromatic nitrogens is 2. The maximum absolute atomic E-state index is 9.62. The molecule has 0 unspecified atom stereocenters. The van der Waals surface area contributed by atoms with E-state index in [9.17, 15) is 5.11 Å². The van der Waals surface area contributed by atoms with Crippen LogP contribution in [0.4, 0.5) is 0 Å². The standard InChI is InChI=1S/C8H12N2O2/c1-8(2,11)6-7(12-3)10-5-4-9-6/h4-5,11H,1-3H3. The first kappa shape index (κ1) is 8.93. The van der Waals surface area contributed by atoms with Crippen molar-refractivity contribution in [2.45, 2.75) is 19.4 Å². The van der Waals surface area contributed by atoms with Gasteiger partial charge >= 0.3 is 0 Å². The normalized spacial score (nSPS) is 11.3. The van der Waals surface area contributed by atoms with Gasteiger partial charge in [-0.3, -0.25) is 4.98 Å². The summed E-state index contributed by atoms with van der Waals surface area (Å²) in [5, 5.41) is 9.62. The SMILES string of the molecule is COc1nccnc1C(C)(C)O. The fraction of sp³-hybridized carbons (Fsp3) is 0.500. The van der Waals surface area contributed by atoms with Gasteiger partial charge in [-0.1, -0.05) is 0 Å². The molecule has 4 nitrogen and oxygen atoms in total. The van der Waals surface area contributed by atoms with E-state index in [-0.39, 0.29) is 0 Å². The molecule has 0 amide bonds. The van der Waals surface area contributed by atoms with Crippen molar-refractivity contribution < 1.29 is 9.84 Å². The molecule has 0 radical (unpaired) electrons. The van der Waals surface area contributed by atoms with Crippen LogP contribution in [0.25, 0.3) is 0 Å². The first-order chi connectivity index (χ1) is 5.55. The van der Waals surface area contributed by atoms with Crippen LogP contribution in [-0.2, 0) is 5.60 Å². The summed E-state index contributed by atoms with van der Waals surface area (Å²) in [4.78, 5) is 7.90. The van der Waals surface area contributed by atoms with E-state index in [1.54, 1.807) is 13.8 Å². The molecule has 1 rings (SSSR count). The first-order valence-electron chi connectivity index (χ1n) is 3.63. The van der Waals surface area contributed by atoms with Gasteiger partial charge in [0, 0.05) is 12.4 Å². The molecule has 0 aromatic carbocycles. The van der Waals surface area contributed by atoms with E-state index in [0.29, 0.717) is 11.6 Å². The second-order valence-corrected chi connectivity index (χ2v) is 2.97. The van der Waals surface area contributed by atoms with Crippen LogP contribution in [-0.4, -0.2) is 22.2 Å². The molecule has 66 valence electrons. The minimum absolute atomic E-state index is 0.366. The van der Waals surface area contributed by atoms with Crippen LogP contribution in [0.2, 0.25) is 0 Å². The highest BCUT2D eigenvalue weighted by Gasteiger charge is 2.22. The molecule has 0 spiro atoms. The summed E-state index contributed by atoms with van der Waals surface area (Å²) in [7, 11) is 1.50. The zero-order chi connectivity index (χ0) is 9.19. The largest absolute Gasteiger partial charge is 0.480 e. The molecule has 1 aromatic rings. The van der Waals surface area contributed by atoms with Crippen molar-refractivity contribution in [2.24, 2.45) is 0 Å². The Bertz CT molecular complexity index is 268. The van der Waals surface area contributed by atoms with Crippen molar-refractivity contribution in [1.82, 2.24) is 9.97 Å². The van der Waals surface area contributed by atoms with Gasteiger partial charge in [0.1, 0.15) is 11.3 Å². The van der Waals surface area contributed by atoms with Crippen LogP contribution in [0.1, 0.15) is 19.5 Å². The number of nitrogens with zero attached hydrogens (tertiary/aromatic N) is 2. The summed E-state index contributed by atoms with van der Waals surface area (Å²) in [5.74, 6) is 0.366. The average Bonchev–Trinajstić information content (AvgIpc) is 2.03. The van der Waals surface area contributed by atoms with E-state index in [1.807, 2.05) is 0 Å². The average molecular weight is 168 g/mol. The maximum atomic E-state index is 9.62. The van der Waals surface area contributed by atoms with Gasteiger partial charge in [0.05, 0.1) is 7.11 Å². The van der Waals surface area contributed by atoms with Crippen LogP contribution in [0.15, 0.2) is 12.4 Å². The molecule has 0 saturated carbocycles. The summed E-state index contributed by atoms with van der Waals surface area (Å²) in [6.07, 6.45) is 3.05. The lowest BCUT2D eigenvalue weighted by Crippen LogP contribution is -2.19. The molecule has 0 bridgehead atoms. The van der Waals surface area contributed by atoms with Gasteiger partial charge in [-0.05, 0) is 13.8 Å². The number of hydrogen-bond donors (Lipinski definition) is 1. The third-order valence-electron chi connectivity index (χ3n) is 1.44. The number of ether oxygens (including phenoxy) is 1. The number of aliphatic hydroxyl groups is 1. The fourth-order valence-electron chi connectivity index (χ4n) is 0.894. The highest BCUT2D eigenvalue weighted by molar-refractivity contribution is 5.22. The van der Waals surface area contributed by atoms with E-state index < -0.39 is 5.60 Å². The van der Waals surface area contributed by atoms with E-state index in [0.717, 1.165) is 0 Å². The number of hydrogen-bond acceptors (Lipinski definition) is 4. The quantitative estimate of drug-likeness (QED) is 0.706. The highest BCUT2D eigenvalue weighted by atomic mass is 16.5. The predicted octanol–water partition coefficient (Wildman–Crippen LogP) is 0.713. The summed E-state index contributed by atoms with van der Waals surface area (Å²) in [6.45, 7) is 3.28. The van der Waals surface area contributed by atoms with Crippen LogP contribution < -0.4 is 4.74 Å². The first-order valence-corrected chi connectivity index (χ1v) is 3.63. The topological polar surface area (TPSA) is 55.2 Å². The zero-order valence-corrected chi connectivity index (χ0v) is 7.40. The minimum atomic E-state index is -1.01. The summed E-state index contributed by atoms with van der Waals surface area (Å²) in [5.41, 5.74) is -0.563. The summed E-state index contributed by atoms with van der Waals surface area (Å²) < 4.78 is 4.94. The van der Waals surface area contributed by atoms with Gasteiger partial charge in [0.15, 0.2) is 0 Å². The molecule has 0 atom stereocenters. The third-order valence-corrected chi connectivity index (χ3v) is 1.44.